The second-order valence-electron chi connectivity index (χ2n) is 7.50. The number of amides is 3. The number of carbonyl (C=O) groups excluding carboxylic acids is 3. The van der Waals surface area contributed by atoms with E-state index in [0.717, 1.165) is 16.5 Å². The number of likely N-dealkylation sites (tertiary alicyclic amines) is 1. The first kappa shape index (κ1) is 21.4. The van der Waals surface area contributed by atoms with E-state index in [-0.39, 0.29) is 25.2 Å². The van der Waals surface area contributed by atoms with E-state index in [1.807, 2.05) is 30.5 Å². The highest BCUT2D eigenvalue weighted by molar-refractivity contribution is 5.92. The molecule has 2 heterocycles. The van der Waals surface area contributed by atoms with Crippen molar-refractivity contribution >= 4 is 34.6 Å². The maximum absolute atomic E-state index is 12.8. The number of hydrogen-bond acceptors (Lipinski definition) is 4. The largest absolute Gasteiger partial charge is 0.481 e. The van der Waals surface area contributed by atoms with Crippen LogP contribution in [0.2, 0.25) is 0 Å². The van der Waals surface area contributed by atoms with E-state index < -0.39 is 29.9 Å². The molecule has 5 N–H and O–H groups in total. The number of hydrogen-bond donors (Lipinski definition) is 4. The number of nitrogens with two attached hydrogens (primary N) is 1. The third-order valence-electron chi connectivity index (χ3n) is 5.47. The minimum absolute atomic E-state index is 0.0857. The Labute approximate surface area is 173 Å². The van der Waals surface area contributed by atoms with Gasteiger partial charge in [0.1, 0.15) is 12.1 Å². The van der Waals surface area contributed by atoms with Gasteiger partial charge in [0.05, 0.1) is 0 Å². The summed E-state index contributed by atoms with van der Waals surface area (Å²) in [4.78, 5) is 52.5. The smallest absolute Gasteiger partial charge is 0.303 e. The maximum Gasteiger partial charge on any atom is 0.303 e. The van der Waals surface area contributed by atoms with Gasteiger partial charge in [-0.1, -0.05) is 18.2 Å². The Kier molecular flexibility index (Phi) is 6.71. The molecule has 1 saturated heterocycles. The van der Waals surface area contributed by atoms with Crippen LogP contribution in [0.5, 0.6) is 0 Å². The van der Waals surface area contributed by atoms with E-state index in [9.17, 15) is 19.2 Å². The van der Waals surface area contributed by atoms with Crippen molar-refractivity contribution in [1.82, 2.24) is 15.2 Å². The number of aromatic amines is 1. The summed E-state index contributed by atoms with van der Waals surface area (Å²) in [5.74, 6) is -2.47. The first-order valence-electron chi connectivity index (χ1n) is 10.0. The number of benzene rings is 1. The van der Waals surface area contributed by atoms with Crippen molar-refractivity contribution in [3.8, 4) is 0 Å². The molecule has 30 heavy (non-hydrogen) atoms. The Bertz CT molecular complexity index is 954. The molecule has 2 aromatic rings. The predicted octanol–water partition coefficient (Wildman–Crippen LogP) is 0.926. The molecule has 0 aliphatic carbocycles. The summed E-state index contributed by atoms with van der Waals surface area (Å²) in [6, 6.07) is 6.11. The molecule has 9 nitrogen and oxygen atoms in total. The number of carboxylic acids is 1. The summed E-state index contributed by atoms with van der Waals surface area (Å²) < 4.78 is 0. The summed E-state index contributed by atoms with van der Waals surface area (Å²) >= 11 is 0. The van der Waals surface area contributed by atoms with E-state index in [1.165, 1.54) is 0 Å². The van der Waals surface area contributed by atoms with E-state index in [1.54, 1.807) is 4.90 Å². The van der Waals surface area contributed by atoms with Gasteiger partial charge in [-0.25, -0.2) is 0 Å². The number of aromatic nitrogens is 1. The highest BCUT2D eigenvalue weighted by Gasteiger charge is 2.35. The van der Waals surface area contributed by atoms with Crippen molar-refractivity contribution in [2.45, 2.75) is 50.6 Å². The minimum atomic E-state index is -1.08. The molecule has 0 unspecified atom stereocenters. The number of fused-ring (bicyclic) bond motifs is 1. The van der Waals surface area contributed by atoms with Crippen LogP contribution in [0.15, 0.2) is 30.5 Å². The number of carbonyl (C=O) groups is 4. The van der Waals surface area contributed by atoms with Gasteiger partial charge in [0, 0.05) is 36.5 Å². The number of nitrogens with one attached hydrogen (secondary N) is 2. The summed E-state index contributed by atoms with van der Waals surface area (Å²) in [7, 11) is 0. The molecule has 1 aliphatic heterocycles. The van der Waals surface area contributed by atoms with Crippen LogP contribution in [-0.2, 0) is 25.6 Å². The lowest BCUT2D eigenvalue weighted by molar-refractivity contribution is -0.139. The van der Waals surface area contributed by atoms with Crippen LogP contribution in [0.4, 0.5) is 0 Å². The fraction of sp³-hybridized carbons (Fsp3) is 0.429. The molecule has 1 aliphatic rings. The normalized spacial score (nSPS) is 17.1. The lowest BCUT2D eigenvalue weighted by Crippen LogP contribution is -2.52. The van der Waals surface area contributed by atoms with Crippen molar-refractivity contribution < 1.29 is 24.3 Å². The fourth-order valence-corrected chi connectivity index (χ4v) is 3.88. The number of carboxylic acid groups (broad SMARTS) is 1. The molecule has 0 bridgehead atoms. The van der Waals surface area contributed by atoms with Gasteiger partial charge in [0.15, 0.2) is 0 Å². The first-order chi connectivity index (χ1) is 14.4. The van der Waals surface area contributed by atoms with Gasteiger partial charge in [-0.2, -0.15) is 0 Å². The molecule has 0 spiro atoms. The van der Waals surface area contributed by atoms with Crippen LogP contribution in [0.1, 0.15) is 37.7 Å². The molecule has 1 aromatic heterocycles. The molecule has 1 fully saturated rings. The highest BCUT2D eigenvalue weighted by atomic mass is 16.4. The molecular formula is C21H26N4O5. The van der Waals surface area contributed by atoms with E-state index >= 15 is 0 Å². The molecule has 3 rings (SSSR count). The Hall–Kier alpha value is -3.36. The van der Waals surface area contributed by atoms with Crippen molar-refractivity contribution in [3.05, 3.63) is 36.0 Å². The number of H-pyrrole nitrogens is 1. The van der Waals surface area contributed by atoms with Gasteiger partial charge in [-0.05, 0) is 37.3 Å². The van der Waals surface area contributed by atoms with Crippen LogP contribution in [0.25, 0.3) is 10.9 Å². The van der Waals surface area contributed by atoms with E-state index in [2.05, 4.69) is 10.3 Å². The summed E-state index contributed by atoms with van der Waals surface area (Å²) in [5, 5.41) is 12.4. The lowest BCUT2D eigenvalue weighted by atomic mass is 10.1. The quantitative estimate of drug-likeness (QED) is 0.482. The van der Waals surface area contributed by atoms with E-state index in [0.29, 0.717) is 25.8 Å². The lowest BCUT2D eigenvalue weighted by Gasteiger charge is -2.25. The number of nitrogens with zero attached hydrogens (tertiary/aromatic N) is 1. The Morgan fingerprint density at radius 1 is 1.23 bits per heavy atom. The van der Waals surface area contributed by atoms with Crippen LogP contribution in [-0.4, -0.2) is 57.3 Å². The van der Waals surface area contributed by atoms with Crippen molar-refractivity contribution in [2.75, 3.05) is 6.54 Å². The van der Waals surface area contributed by atoms with Crippen LogP contribution in [0, 0.1) is 0 Å². The third-order valence-corrected chi connectivity index (χ3v) is 5.47. The summed E-state index contributed by atoms with van der Waals surface area (Å²) in [5.41, 5.74) is 7.34. The second-order valence-corrected chi connectivity index (χ2v) is 7.50. The first-order valence-corrected chi connectivity index (χ1v) is 10.0. The number of primary amides is 1. The average Bonchev–Trinajstić information content (AvgIpc) is 3.36. The van der Waals surface area contributed by atoms with Crippen LogP contribution >= 0.6 is 0 Å². The fourth-order valence-electron chi connectivity index (χ4n) is 3.88. The van der Waals surface area contributed by atoms with Gasteiger partial charge in [0.25, 0.3) is 0 Å². The van der Waals surface area contributed by atoms with Gasteiger partial charge in [-0.15, -0.1) is 0 Å². The Balaban J connectivity index is 1.59. The third kappa shape index (κ3) is 4.97. The molecule has 0 radical (unpaired) electrons. The summed E-state index contributed by atoms with van der Waals surface area (Å²) in [6.45, 7) is 0.473. The zero-order valence-corrected chi connectivity index (χ0v) is 16.6. The molecular weight excluding hydrogens is 388 g/mol. The van der Waals surface area contributed by atoms with Gasteiger partial charge in [0.2, 0.25) is 17.7 Å². The molecule has 0 saturated carbocycles. The number of para-hydroxylation sites is 1. The average molecular weight is 414 g/mol. The van der Waals surface area contributed by atoms with Crippen LogP contribution < -0.4 is 11.1 Å². The molecule has 2 atom stereocenters. The van der Waals surface area contributed by atoms with Crippen LogP contribution in [0.3, 0.4) is 0 Å². The zero-order valence-electron chi connectivity index (χ0n) is 16.6. The number of rotatable bonds is 9. The maximum atomic E-state index is 12.8. The zero-order chi connectivity index (χ0) is 21.7. The topological polar surface area (TPSA) is 146 Å². The highest BCUT2D eigenvalue weighted by Crippen LogP contribution is 2.22. The molecule has 160 valence electrons. The van der Waals surface area contributed by atoms with E-state index in [4.69, 9.17) is 10.8 Å². The Morgan fingerprint density at radius 3 is 2.73 bits per heavy atom. The number of aryl methyl sites for hydroxylation is 1. The SMILES string of the molecule is NC(=O)[C@H](CCC(=O)O)NC(=O)[C@@H]1CCCN1C(=O)CCc1c[nH]c2ccccc12. The van der Waals surface area contributed by atoms with Gasteiger partial charge in [-0.3, -0.25) is 19.2 Å². The molecule has 1 aromatic carbocycles. The summed E-state index contributed by atoms with van der Waals surface area (Å²) in [6.07, 6.45) is 3.53. The predicted molar refractivity (Wildman–Crippen MR) is 109 cm³/mol. The monoisotopic (exact) mass is 414 g/mol. The second kappa shape index (κ2) is 9.43. The number of aliphatic carboxylic acids is 1. The minimum Gasteiger partial charge on any atom is -0.481 e. The standard InChI is InChI=1S/C21H26N4O5/c22-20(29)16(8-10-19(27)28)24-21(30)17-6-3-11-25(17)18(26)9-7-13-12-23-15-5-2-1-4-14(13)15/h1-2,4-5,12,16-17,23H,3,6-11H2,(H2,22,29)(H,24,30)(H,27,28)/t16-,17-/m0/s1. The van der Waals surface area contributed by atoms with Crippen molar-refractivity contribution in [3.63, 3.8) is 0 Å². The molecule has 9 heteroatoms. The van der Waals surface area contributed by atoms with Crippen molar-refractivity contribution in [2.24, 2.45) is 5.73 Å². The van der Waals surface area contributed by atoms with Gasteiger partial charge >= 0.3 is 5.97 Å². The van der Waals surface area contributed by atoms with Crippen molar-refractivity contribution in [1.29, 1.82) is 0 Å². The Morgan fingerprint density at radius 2 is 2.00 bits per heavy atom. The molecule has 3 amide bonds. The van der Waals surface area contributed by atoms with Gasteiger partial charge < -0.3 is 26.0 Å².